The van der Waals surface area contributed by atoms with Gasteiger partial charge < -0.3 is 19.2 Å². The Bertz CT molecular complexity index is 1430. The Labute approximate surface area is 189 Å². The Morgan fingerprint density at radius 1 is 0.727 bits per heavy atom. The van der Waals surface area contributed by atoms with Gasteiger partial charge in [0, 0.05) is 11.1 Å². The summed E-state index contributed by atoms with van der Waals surface area (Å²) in [5, 5.41) is 32.5. The maximum Gasteiger partial charge on any atom is 0.247 e. The molecule has 0 bridgehead atoms. The first-order chi connectivity index (χ1) is 16.1. The summed E-state index contributed by atoms with van der Waals surface area (Å²) in [5.74, 6) is 1.81. The number of phenolic OH excluding ortho intramolecular Hbond substituents is 2. The Kier molecular flexibility index (Phi) is 4.29. The minimum atomic E-state index is -0.560. The summed E-state index contributed by atoms with van der Waals surface area (Å²) in [6.07, 6.45) is 1.58. The molecule has 1 aliphatic rings. The van der Waals surface area contributed by atoms with E-state index in [1.165, 1.54) is 0 Å². The minimum absolute atomic E-state index is 0.133. The molecule has 1 aliphatic carbocycles. The second kappa shape index (κ2) is 7.34. The van der Waals surface area contributed by atoms with E-state index in [2.05, 4.69) is 15.4 Å². The van der Waals surface area contributed by atoms with Gasteiger partial charge in [-0.3, -0.25) is 0 Å². The molecule has 0 radical (unpaired) electrons. The van der Waals surface area contributed by atoms with E-state index in [0.29, 0.717) is 28.8 Å². The quantitative estimate of drug-likeness (QED) is 0.371. The fourth-order valence-corrected chi connectivity index (χ4v) is 4.14. The van der Waals surface area contributed by atoms with Gasteiger partial charge >= 0.3 is 0 Å². The van der Waals surface area contributed by atoms with E-state index in [-0.39, 0.29) is 11.5 Å². The highest BCUT2D eigenvalue weighted by Crippen LogP contribution is 2.57. The van der Waals surface area contributed by atoms with Gasteiger partial charge in [-0.25, -0.2) is 0 Å². The number of nitrogens with zero attached hydrogens (tertiary/aromatic N) is 3. The molecule has 0 aliphatic heterocycles. The van der Waals surface area contributed by atoms with E-state index in [9.17, 15) is 10.2 Å². The van der Waals surface area contributed by atoms with Crippen molar-refractivity contribution >= 4 is 0 Å². The van der Waals surface area contributed by atoms with Crippen LogP contribution in [-0.2, 0) is 5.41 Å². The van der Waals surface area contributed by atoms with Gasteiger partial charge in [-0.05, 0) is 60.9 Å². The molecule has 0 unspecified atom stereocenters. The fraction of sp³-hybridized carbons (Fsp3) is 0.115. The first kappa shape index (κ1) is 19.3. The Morgan fingerprint density at radius 3 is 2.21 bits per heavy atom. The van der Waals surface area contributed by atoms with Crippen LogP contribution in [0.5, 0.6) is 11.5 Å². The number of benzene rings is 3. The van der Waals surface area contributed by atoms with E-state index >= 15 is 0 Å². The maximum atomic E-state index is 9.79. The third kappa shape index (κ3) is 3.25. The molecule has 0 saturated heterocycles. The second-order valence-electron chi connectivity index (χ2n) is 8.19. The first-order valence-electron chi connectivity index (χ1n) is 10.6. The number of rotatable bonds is 5. The van der Waals surface area contributed by atoms with Crippen LogP contribution in [0, 0.1) is 0 Å². The lowest BCUT2D eigenvalue weighted by Crippen LogP contribution is -2.09. The SMILES string of the molecule is Oc1ccc(-c2noc(C3(c4nnc(-c5cccc(O)c5)o4)CC3)c2-c2ccccc2)cc1. The molecule has 0 spiro atoms. The molecule has 2 N–H and O–H groups in total. The van der Waals surface area contributed by atoms with Gasteiger partial charge in [0.1, 0.15) is 22.6 Å². The predicted molar refractivity (Wildman–Crippen MR) is 120 cm³/mol. The molecule has 5 aromatic rings. The van der Waals surface area contributed by atoms with Gasteiger partial charge in [0.25, 0.3) is 0 Å². The van der Waals surface area contributed by atoms with Gasteiger partial charge in [-0.2, -0.15) is 0 Å². The average molecular weight is 437 g/mol. The van der Waals surface area contributed by atoms with E-state index in [0.717, 1.165) is 29.5 Å². The van der Waals surface area contributed by atoms with Crippen molar-refractivity contribution in [3.05, 3.63) is 90.5 Å². The lowest BCUT2D eigenvalue weighted by atomic mass is 9.92. The molecule has 7 heteroatoms. The highest BCUT2D eigenvalue weighted by Gasteiger charge is 2.56. The fourth-order valence-electron chi connectivity index (χ4n) is 4.14. The molecule has 0 amide bonds. The first-order valence-corrected chi connectivity index (χ1v) is 10.6. The number of phenols is 2. The van der Waals surface area contributed by atoms with Crippen LogP contribution >= 0.6 is 0 Å². The summed E-state index contributed by atoms with van der Waals surface area (Å²) in [6.45, 7) is 0. The van der Waals surface area contributed by atoms with Crippen LogP contribution in [0.4, 0.5) is 0 Å². The van der Waals surface area contributed by atoms with Crippen LogP contribution in [0.25, 0.3) is 33.8 Å². The van der Waals surface area contributed by atoms with Crippen LogP contribution in [0.1, 0.15) is 24.5 Å². The maximum absolute atomic E-state index is 9.79. The lowest BCUT2D eigenvalue weighted by molar-refractivity contribution is 0.345. The van der Waals surface area contributed by atoms with Gasteiger partial charge in [0.15, 0.2) is 5.76 Å². The number of hydrogen-bond donors (Lipinski definition) is 2. The van der Waals surface area contributed by atoms with Crippen LogP contribution in [0.3, 0.4) is 0 Å². The molecule has 7 nitrogen and oxygen atoms in total. The van der Waals surface area contributed by atoms with Crippen molar-refractivity contribution in [3.8, 4) is 45.3 Å². The van der Waals surface area contributed by atoms with Crippen molar-refractivity contribution in [1.29, 1.82) is 0 Å². The Morgan fingerprint density at radius 2 is 1.48 bits per heavy atom. The standard InChI is InChI=1S/C26H19N3O4/c30-19-11-9-17(10-12-19)22-21(16-5-2-1-3-6-16)23(33-29-22)26(13-14-26)25-28-27-24(32-25)18-7-4-8-20(31)15-18/h1-12,15,30-31H,13-14H2. The van der Waals surface area contributed by atoms with Crippen LogP contribution in [0.2, 0.25) is 0 Å². The summed E-state index contributed by atoms with van der Waals surface area (Å²) in [7, 11) is 0. The van der Waals surface area contributed by atoms with Crippen molar-refractivity contribution in [2.24, 2.45) is 0 Å². The summed E-state index contributed by atoms with van der Waals surface area (Å²) in [6, 6.07) is 23.5. The zero-order chi connectivity index (χ0) is 22.4. The Hall–Kier alpha value is -4.39. The molecule has 6 rings (SSSR count). The monoisotopic (exact) mass is 437 g/mol. The molecule has 162 valence electrons. The summed E-state index contributed by atoms with van der Waals surface area (Å²) < 4.78 is 12.0. The van der Waals surface area contributed by atoms with Crippen LogP contribution in [0.15, 0.2) is 87.8 Å². The average Bonchev–Trinajstić information content (AvgIpc) is 3.28. The molecule has 1 fully saturated rings. The highest BCUT2D eigenvalue weighted by molar-refractivity contribution is 5.83. The van der Waals surface area contributed by atoms with Crippen molar-refractivity contribution in [3.63, 3.8) is 0 Å². The third-order valence-electron chi connectivity index (χ3n) is 6.01. The zero-order valence-corrected chi connectivity index (χ0v) is 17.5. The minimum Gasteiger partial charge on any atom is -0.508 e. The van der Waals surface area contributed by atoms with Crippen molar-refractivity contribution < 1.29 is 19.2 Å². The van der Waals surface area contributed by atoms with Gasteiger partial charge in [-0.1, -0.05) is 41.6 Å². The molecular weight excluding hydrogens is 418 g/mol. The zero-order valence-electron chi connectivity index (χ0n) is 17.5. The van der Waals surface area contributed by atoms with Crippen LogP contribution in [-0.4, -0.2) is 25.6 Å². The van der Waals surface area contributed by atoms with E-state index in [1.807, 2.05) is 48.5 Å². The lowest BCUT2D eigenvalue weighted by Gasteiger charge is -2.10. The molecule has 33 heavy (non-hydrogen) atoms. The smallest absolute Gasteiger partial charge is 0.247 e. The predicted octanol–water partition coefficient (Wildman–Crippen LogP) is 5.55. The molecule has 0 atom stereocenters. The second-order valence-corrected chi connectivity index (χ2v) is 8.19. The molecule has 2 heterocycles. The Balaban J connectivity index is 1.48. The van der Waals surface area contributed by atoms with Gasteiger partial charge in [-0.15, -0.1) is 10.2 Å². The van der Waals surface area contributed by atoms with Crippen molar-refractivity contribution in [2.45, 2.75) is 18.3 Å². The normalized spacial score (nSPS) is 14.3. The van der Waals surface area contributed by atoms with E-state index in [4.69, 9.17) is 8.94 Å². The topological polar surface area (TPSA) is 105 Å². The number of hydrogen-bond acceptors (Lipinski definition) is 7. The van der Waals surface area contributed by atoms with Gasteiger partial charge in [0.2, 0.25) is 11.8 Å². The van der Waals surface area contributed by atoms with E-state index < -0.39 is 5.41 Å². The molecule has 3 aromatic carbocycles. The summed E-state index contributed by atoms with van der Waals surface area (Å²) >= 11 is 0. The molecule has 1 saturated carbocycles. The van der Waals surface area contributed by atoms with Crippen LogP contribution < -0.4 is 0 Å². The summed E-state index contributed by atoms with van der Waals surface area (Å²) in [4.78, 5) is 0. The van der Waals surface area contributed by atoms with E-state index in [1.54, 1.807) is 30.3 Å². The largest absolute Gasteiger partial charge is 0.508 e. The highest BCUT2D eigenvalue weighted by atomic mass is 16.5. The third-order valence-corrected chi connectivity index (χ3v) is 6.01. The number of aromatic nitrogens is 3. The molecular formula is C26H19N3O4. The summed E-state index contributed by atoms with van der Waals surface area (Å²) in [5.41, 5.74) is 3.45. The van der Waals surface area contributed by atoms with Gasteiger partial charge in [0.05, 0.1) is 5.56 Å². The number of aromatic hydroxyl groups is 2. The van der Waals surface area contributed by atoms with Crippen molar-refractivity contribution in [1.82, 2.24) is 15.4 Å². The van der Waals surface area contributed by atoms with Crippen molar-refractivity contribution in [2.75, 3.05) is 0 Å². The molecule has 2 aromatic heterocycles.